The summed E-state index contributed by atoms with van der Waals surface area (Å²) in [4.78, 5) is 10.1. The molecule has 0 unspecified atom stereocenters. The van der Waals surface area contributed by atoms with Gasteiger partial charge < -0.3 is 4.42 Å². The van der Waals surface area contributed by atoms with Crippen molar-refractivity contribution in [2.24, 2.45) is 0 Å². The van der Waals surface area contributed by atoms with Crippen molar-refractivity contribution in [2.75, 3.05) is 0 Å². The topological polar surface area (TPSA) is 43.9 Å². The first kappa shape index (κ1) is 21.5. The van der Waals surface area contributed by atoms with Gasteiger partial charge in [-0.15, -0.1) is 0 Å². The van der Waals surface area contributed by atoms with Gasteiger partial charge in [-0.2, -0.15) is 0 Å². The van der Waals surface area contributed by atoms with Gasteiger partial charge in [0.2, 0.25) is 5.95 Å². The second-order valence-corrected chi connectivity index (χ2v) is 10.3. The first-order chi connectivity index (χ1) is 19.8. The summed E-state index contributed by atoms with van der Waals surface area (Å²) in [7, 11) is 0. The molecule has 0 aliphatic heterocycles. The van der Waals surface area contributed by atoms with Gasteiger partial charge >= 0.3 is 0 Å². The standard InChI is InChI=1S/C36H21N3O/c1-2-9-22(10-3-1)24-13-8-14-31-30(24)21-37-36(38-31)39-32-15-6-4-11-25(32)27-18-17-23-19-34-29(20-28(23)35(27)39)26-12-5-7-16-33(26)40-34/h1-21H. The van der Waals surface area contributed by atoms with Crippen LogP contribution in [0.25, 0.3) is 82.5 Å². The molecule has 4 nitrogen and oxygen atoms in total. The highest BCUT2D eigenvalue weighted by Crippen LogP contribution is 2.39. The Hall–Kier alpha value is -5.48. The van der Waals surface area contributed by atoms with Crippen LogP contribution in [-0.4, -0.2) is 14.5 Å². The SMILES string of the molecule is c1ccc(-c2cccc3nc(-n4c5ccccc5c5ccc6cc7oc8ccccc8c7cc6c54)ncc23)cc1. The average molecular weight is 512 g/mol. The molecular weight excluding hydrogens is 490 g/mol. The van der Waals surface area contributed by atoms with Gasteiger partial charge in [-0.25, -0.2) is 9.97 Å². The second kappa shape index (κ2) is 8.01. The highest BCUT2D eigenvalue weighted by atomic mass is 16.3. The van der Waals surface area contributed by atoms with Crippen molar-refractivity contribution < 1.29 is 4.42 Å². The van der Waals surface area contributed by atoms with Gasteiger partial charge in [0.15, 0.2) is 0 Å². The van der Waals surface area contributed by atoms with E-state index in [2.05, 4.69) is 108 Å². The molecule has 0 atom stereocenters. The molecular formula is C36H21N3O. The van der Waals surface area contributed by atoms with Crippen LogP contribution >= 0.6 is 0 Å². The lowest BCUT2D eigenvalue weighted by atomic mass is 10.0. The maximum absolute atomic E-state index is 6.21. The minimum atomic E-state index is 0.661. The number of rotatable bonds is 2. The summed E-state index contributed by atoms with van der Waals surface area (Å²) in [5, 5.41) is 7.89. The molecule has 0 saturated carbocycles. The summed E-state index contributed by atoms with van der Waals surface area (Å²) in [6, 6.07) is 42.2. The minimum Gasteiger partial charge on any atom is -0.456 e. The molecule has 0 saturated heterocycles. The zero-order valence-corrected chi connectivity index (χ0v) is 21.4. The maximum Gasteiger partial charge on any atom is 0.235 e. The fraction of sp³-hybridized carbons (Fsp3) is 0. The predicted molar refractivity (Wildman–Crippen MR) is 164 cm³/mol. The van der Waals surface area contributed by atoms with Crippen molar-refractivity contribution >= 4 is 65.4 Å². The number of aromatic nitrogens is 3. The van der Waals surface area contributed by atoms with E-state index in [-0.39, 0.29) is 0 Å². The largest absolute Gasteiger partial charge is 0.456 e. The number of para-hydroxylation sites is 2. The summed E-state index contributed by atoms with van der Waals surface area (Å²) >= 11 is 0. The number of furan rings is 1. The lowest BCUT2D eigenvalue weighted by molar-refractivity contribution is 0.669. The fourth-order valence-corrected chi connectivity index (χ4v) is 6.23. The van der Waals surface area contributed by atoms with E-state index in [4.69, 9.17) is 14.4 Å². The van der Waals surface area contributed by atoms with Crippen LogP contribution in [0.1, 0.15) is 0 Å². The number of fused-ring (bicyclic) bond motifs is 9. The third-order valence-corrected chi connectivity index (χ3v) is 8.04. The molecule has 0 spiro atoms. The quantitative estimate of drug-likeness (QED) is 0.232. The van der Waals surface area contributed by atoms with E-state index in [0.29, 0.717) is 5.95 Å². The minimum absolute atomic E-state index is 0.661. The summed E-state index contributed by atoms with van der Waals surface area (Å²) in [6.07, 6.45) is 1.97. The third kappa shape index (κ3) is 2.96. The summed E-state index contributed by atoms with van der Waals surface area (Å²) in [6.45, 7) is 0. The second-order valence-electron chi connectivity index (χ2n) is 10.3. The summed E-state index contributed by atoms with van der Waals surface area (Å²) in [5.74, 6) is 0.661. The Kier molecular flexibility index (Phi) is 4.30. The number of hydrogen-bond donors (Lipinski definition) is 0. The van der Waals surface area contributed by atoms with E-state index in [1.165, 1.54) is 10.8 Å². The van der Waals surface area contributed by atoms with Crippen molar-refractivity contribution in [1.82, 2.24) is 14.5 Å². The first-order valence-corrected chi connectivity index (χ1v) is 13.4. The molecule has 0 bridgehead atoms. The van der Waals surface area contributed by atoms with Crippen LogP contribution in [0.5, 0.6) is 0 Å². The van der Waals surface area contributed by atoms with E-state index >= 15 is 0 Å². The molecule has 0 N–H and O–H groups in total. The van der Waals surface area contributed by atoms with Crippen molar-refractivity contribution in [2.45, 2.75) is 0 Å². The highest BCUT2D eigenvalue weighted by Gasteiger charge is 2.19. The smallest absolute Gasteiger partial charge is 0.235 e. The molecule has 6 aromatic carbocycles. The van der Waals surface area contributed by atoms with Crippen LogP contribution in [0.3, 0.4) is 0 Å². The molecule has 40 heavy (non-hydrogen) atoms. The fourth-order valence-electron chi connectivity index (χ4n) is 6.23. The first-order valence-electron chi connectivity index (χ1n) is 13.4. The van der Waals surface area contributed by atoms with E-state index in [1.807, 2.05) is 24.4 Å². The monoisotopic (exact) mass is 511 g/mol. The van der Waals surface area contributed by atoms with Gasteiger partial charge in [0, 0.05) is 38.5 Å². The normalized spacial score (nSPS) is 12.0. The predicted octanol–water partition coefficient (Wildman–Crippen LogP) is 9.45. The van der Waals surface area contributed by atoms with Crippen molar-refractivity contribution in [1.29, 1.82) is 0 Å². The third-order valence-electron chi connectivity index (χ3n) is 8.04. The molecule has 3 heterocycles. The lowest BCUT2D eigenvalue weighted by Gasteiger charge is -2.11. The van der Waals surface area contributed by atoms with Gasteiger partial charge in [-0.05, 0) is 46.8 Å². The highest BCUT2D eigenvalue weighted by molar-refractivity contribution is 6.21. The Bertz CT molecular complexity index is 2430. The molecule has 9 aromatic rings. The van der Waals surface area contributed by atoms with Crippen LogP contribution in [0.15, 0.2) is 132 Å². The Labute approximate surface area is 228 Å². The average Bonchev–Trinajstić information content (AvgIpc) is 3.55. The molecule has 0 aliphatic rings. The van der Waals surface area contributed by atoms with Gasteiger partial charge in [-0.1, -0.05) is 91.0 Å². The zero-order valence-electron chi connectivity index (χ0n) is 21.4. The number of hydrogen-bond acceptors (Lipinski definition) is 3. The molecule has 0 aliphatic carbocycles. The molecule has 0 radical (unpaired) electrons. The van der Waals surface area contributed by atoms with Crippen molar-refractivity contribution in [3.8, 4) is 17.1 Å². The molecule has 4 heteroatoms. The van der Waals surface area contributed by atoms with Crippen LogP contribution in [0.4, 0.5) is 0 Å². The lowest BCUT2D eigenvalue weighted by Crippen LogP contribution is -2.01. The molecule has 0 fully saturated rings. The van der Waals surface area contributed by atoms with Gasteiger partial charge in [0.25, 0.3) is 0 Å². The Balaban J connectivity index is 1.39. The zero-order chi connectivity index (χ0) is 26.2. The summed E-state index contributed by atoms with van der Waals surface area (Å²) in [5.41, 5.74) is 7.18. The van der Waals surface area contributed by atoms with Gasteiger partial charge in [0.1, 0.15) is 11.2 Å². The molecule has 3 aromatic heterocycles. The van der Waals surface area contributed by atoms with Crippen molar-refractivity contribution in [3.05, 3.63) is 128 Å². The number of nitrogens with zero attached hydrogens (tertiary/aromatic N) is 3. The van der Waals surface area contributed by atoms with Gasteiger partial charge in [0.05, 0.1) is 16.6 Å². The van der Waals surface area contributed by atoms with Crippen LogP contribution < -0.4 is 0 Å². The van der Waals surface area contributed by atoms with Crippen LogP contribution in [0, 0.1) is 0 Å². The number of benzene rings is 6. The van der Waals surface area contributed by atoms with E-state index in [1.54, 1.807) is 0 Å². The molecule has 9 rings (SSSR count). The Morgan fingerprint density at radius 3 is 2.30 bits per heavy atom. The Morgan fingerprint density at radius 2 is 1.38 bits per heavy atom. The van der Waals surface area contributed by atoms with Crippen LogP contribution in [0.2, 0.25) is 0 Å². The van der Waals surface area contributed by atoms with Crippen LogP contribution in [-0.2, 0) is 0 Å². The molecule has 0 amide bonds. The van der Waals surface area contributed by atoms with E-state index in [0.717, 1.165) is 65.8 Å². The maximum atomic E-state index is 6.21. The van der Waals surface area contributed by atoms with E-state index in [9.17, 15) is 0 Å². The Morgan fingerprint density at radius 1 is 0.550 bits per heavy atom. The van der Waals surface area contributed by atoms with Crippen molar-refractivity contribution in [3.63, 3.8) is 0 Å². The summed E-state index contributed by atoms with van der Waals surface area (Å²) < 4.78 is 8.43. The molecule has 186 valence electrons. The van der Waals surface area contributed by atoms with E-state index < -0.39 is 0 Å². The van der Waals surface area contributed by atoms with Gasteiger partial charge in [-0.3, -0.25) is 4.57 Å².